The Labute approximate surface area is 180 Å². The van der Waals surface area contributed by atoms with E-state index in [1.54, 1.807) is 11.8 Å². The van der Waals surface area contributed by atoms with Crippen molar-refractivity contribution in [2.45, 2.75) is 62.1 Å². The van der Waals surface area contributed by atoms with E-state index in [1.165, 1.54) is 6.26 Å². The summed E-state index contributed by atoms with van der Waals surface area (Å²) in [6.07, 6.45) is 5.45. The molecule has 0 saturated carbocycles. The zero-order chi connectivity index (χ0) is 20.8. The van der Waals surface area contributed by atoms with Gasteiger partial charge in [0.2, 0.25) is 0 Å². The Morgan fingerprint density at radius 1 is 1.34 bits per heavy atom. The first-order chi connectivity index (χ1) is 13.9. The number of unbranched alkanes of at least 4 members (excludes halogenated alkanes) is 2. The number of fused-ring (bicyclic) bond motifs is 1. The van der Waals surface area contributed by atoms with Gasteiger partial charge in [0.1, 0.15) is 12.0 Å². The highest BCUT2D eigenvalue weighted by molar-refractivity contribution is 8.02. The van der Waals surface area contributed by atoms with Gasteiger partial charge in [0.15, 0.2) is 5.54 Å². The van der Waals surface area contributed by atoms with E-state index in [0.29, 0.717) is 16.2 Å². The molecule has 5 nitrogen and oxygen atoms in total. The maximum atomic E-state index is 13.1. The number of aromatic nitrogens is 1. The smallest absolute Gasteiger partial charge is 0.336 e. The Morgan fingerprint density at radius 2 is 2.07 bits per heavy atom. The number of thioether (sulfide) groups is 1. The van der Waals surface area contributed by atoms with Crippen LogP contribution in [0.5, 0.6) is 0 Å². The van der Waals surface area contributed by atoms with E-state index in [0.717, 1.165) is 31.2 Å². The fraction of sp³-hybridized carbons (Fsp3) is 0.500. The molecule has 1 aromatic carbocycles. The summed E-state index contributed by atoms with van der Waals surface area (Å²) in [7, 11) is 0. The molecule has 4 atom stereocenters. The average molecular weight is 431 g/mol. The van der Waals surface area contributed by atoms with Crippen molar-refractivity contribution in [2.24, 2.45) is 5.92 Å². The van der Waals surface area contributed by atoms with E-state index in [4.69, 9.17) is 16.7 Å². The summed E-state index contributed by atoms with van der Waals surface area (Å²) in [4.78, 5) is 15.8. The van der Waals surface area contributed by atoms with Gasteiger partial charge >= 0.3 is 5.97 Å². The van der Waals surface area contributed by atoms with Crippen LogP contribution in [-0.4, -0.2) is 36.2 Å². The molecule has 2 aliphatic heterocycles. The molecule has 0 spiro atoms. The van der Waals surface area contributed by atoms with Gasteiger partial charge in [-0.2, -0.15) is 0 Å². The predicted molar refractivity (Wildman–Crippen MR) is 119 cm³/mol. The molecule has 7 heteroatoms. The normalized spacial score (nSPS) is 30.9. The molecule has 29 heavy (non-hydrogen) atoms. The third-order valence-corrected chi connectivity index (χ3v) is 8.84. The van der Waals surface area contributed by atoms with E-state index >= 15 is 0 Å². The molecule has 1 aromatic heterocycles. The Morgan fingerprint density at radius 3 is 2.72 bits per heavy atom. The number of thiocarbonyl (C=S) groups is 1. The SMILES string of the molecule is CCCCCC1(C)S[C@@H]2[C@H](C)C(=S)N2[C@]1(C(=O)O)c1conc1-c1ccccc1. The topological polar surface area (TPSA) is 66.6 Å². The second-order valence-corrected chi connectivity index (χ2v) is 10.2. The number of rotatable bonds is 7. The summed E-state index contributed by atoms with van der Waals surface area (Å²) in [5.41, 5.74) is 0.726. The van der Waals surface area contributed by atoms with Crippen LogP contribution in [0, 0.1) is 5.92 Å². The van der Waals surface area contributed by atoms with Crippen molar-refractivity contribution in [3.05, 3.63) is 42.2 Å². The van der Waals surface area contributed by atoms with Crippen LogP contribution >= 0.6 is 24.0 Å². The van der Waals surface area contributed by atoms with Gasteiger partial charge in [-0.25, -0.2) is 4.79 Å². The van der Waals surface area contributed by atoms with E-state index in [-0.39, 0.29) is 11.3 Å². The largest absolute Gasteiger partial charge is 0.479 e. The lowest BCUT2D eigenvalue weighted by Crippen LogP contribution is -2.67. The van der Waals surface area contributed by atoms with Gasteiger partial charge in [0, 0.05) is 11.5 Å². The monoisotopic (exact) mass is 430 g/mol. The van der Waals surface area contributed by atoms with Crippen molar-refractivity contribution in [3.63, 3.8) is 0 Å². The molecular weight excluding hydrogens is 404 g/mol. The van der Waals surface area contributed by atoms with Gasteiger partial charge in [0.05, 0.1) is 20.7 Å². The summed E-state index contributed by atoms with van der Waals surface area (Å²) in [6, 6.07) is 9.64. The van der Waals surface area contributed by atoms with Crippen molar-refractivity contribution >= 4 is 34.9 Å². The van der Waals surface area contributed by atoms with Gasteiger partial charge in [-0.15, -0.1) is 11.8 Å². The summed E-state index contributed by atoms with van der Waals surface area (Å²) in [5, 5.41) is 15.0. The minimum atomic E-state index is -1.30. The van der Waals surface area contributed by atoms with Crippen LogP contribution in [0.1, 0.15) is 52.0 Å². The molecule has 2 saturated heterocycles. The first-order valence-corrected chi connectivity index (χ1v) is 11.4. The van der Waals surface area contributed by atoms with Crippen molar-refractivity contribution in [1.82, 2.24) is 10.1 Å². The van der Waals surface area contributed by atoms with Crippen LogP contribution in [0.3, 0.4) is 0 Å². The minimum Gasteiger partial charge on any atom is -0.479 e. The van der Waals surface area contributed by atoms with Crippen LogP contribution in [0.4, 0.5) is 0 Å². The first kappa shape index (κ1) is 20.4. The lowest BCUT2D eigenvalue weighted by molar-refractivity contribution is -0.153. The fourth-order valence-electron chi connectivity index (χ4n) is 4.83. The van der Waals surface area contributed by atoms with E-state index in [9.17, 15) is 9.90 Å². The standard InChI is InChI=1S/C22H26N2O3S2/c1-4-5-9-12-21(3)22(20(25)26,24-18(28)14(2)19(24)29-21)16-13-27-23-17(16)15-10-7-6-8-11-15/h6-8,10-11,13-14,19H,4-5,9,12H2,1-3H3,(H,25,26)/t14-,19-,21?,22+/m1/s1. The lowest BCUT2D eigenvalue weighted by Gasteiger charge is -2.51. The number of hydrogen-bond acceptors (Lipinski definition) is 5. The average Bonchev–Trinajstić information content (AvgIpc) is 3.29. The number of nitrogens with zero attached hydrogens (tertiary/aromatic N) is 2. The van der Waals surface area contributed by atoms with Gasteiger partial charge in [-0.05, 0) is 13.3 Å². The van der Waals surface area contributed by atoms with Crippen LogP contribution in [0.25, 0.3) is 11.3 Å². The Hall–Kier alpha value is -1.86. The van der Waals surface area contributed by atoms with Gasteiger partial charge in [0.25, 0.3) is 0 Å². The molecule has 2 aliphatic rings. The maximum Gasteiger partial charge on any atom is 0.336 e. The van der Waals surface area contributed by atoms with E-state index in [1.807, 2.05) is 35.2 Å². The quantitative estimate of drug-likeness (QED) is 0.471. The van der Waals surface area contributed by atoms with Crippen molar-refractivity contribution in [1.29, 1.82) is 0 Å². The third-order valence-electron chi connectivity index (χ3n) is 6.39. The molecule has 1 N–H and O–H groups in total. The highest BCUT2D eigenvalue weighted by Gasteiger charge is 2.73. The molecule has 2 aromatic rings. The molecule has 154 valence electrons. The molecule has 0 amide bonds. The third kappa shape index (κ3) is 2.77. The summed E-state index contributed by atoms with van der Waals surface area (Å²) >= 11 is 7.43. The Bertz CT molecular complexity index is 931. The van der Waals surface area contributed by atoms with Crippen molar-refractivity contribution in [2.75, 3.05) is 0 Å². The first-order valence-electron chi connectivity index (χ1n) is 10.1. The number of carboxylic acid groups (broad SMARTS) is 1. The molecule has 3 heterocycles. The molecule has 1 unspecified atom stereocenters. The molecule has 0 radical (unpaired) electrons. The van der Waals surface area contributed by atoms with Gasteiger partial charge < -0.3 is 14.5 Å². The van der Waals surface area contributed by atoms with Crippen molar-refractivity contribution < 1.29 is 14.4 Å². The van der Waals surface area contributed by atoms with E-state index < -0.39 is 16.3 Å². The number of carboxylic acids is 1. The summed E-state index contributed by atoms with van der Waals surface area (Å²) < 4.78 is 4.83. The number of benzene rings is 1. The van der Waals surface area contributed by atoms with Crippen LogP contribution in [0.2, 0.25) is 0 Å². The van der Waals surface area contributed by atoms with Gasteiger partial charge in [-0.1, -0.05) is 80.8 Å². The van der Waals surface area contributed by atoms with Gasteiger partial charge in [-0.3, -0.25) is 0 Å². The number of carbonyl (C=O) groups is 1. The van der Waals surface area contributed by atoms with Crippen molar-refractivity contribution in [3.8, 4) is 11.3 Å². The van der Waals surface area contributed by atoms with Crippen LogP contribution in [0.15, 0.2) is 41.1 Å². The molecule has 0 bridgehead atoms. The minimum absolute atomic E-state index is 0.0590. The zero-order valence-corrected chi connectivity index (χ0v) is 18.6. The molecule has 4 rings (SSSR count). The molecule has 0 aliphatic carbocycles. The highest BCUT2D eigenvalue weighted by atomic mass is 32.2. The lowest BCUT2D eigenvalue weighted by atomic mass is 9.72. The molecular formula is C22H26N2O3S2. The second kappa shape index (κ2) is 7.43. The van der Waals surface area contributed by atoms with E-state index in [2.05, 4.69) is 25.9 Å². The predicted octanol–water partition coefficient (Wildman–Crippen LogP) is 5.31. The summed E-state index contributed by atoms with van der Waals surface area (Å²) in [6.45, 7) is 6.33. The summed E-state index contributed by atoms with van der Waals surface area (Å²) in [5.74, 6) is -0.706. The number of aliphatic carboxylic acids is 1. The van der Waals surface area contributed by atoms with Crippen LogP contribution in [-0.2, 0) is 10.3 Å². The highest BCUT2D eigenvalue weighted by Crippen LogP contribution is 2.65. The number of hydrogen-bond donors (Lipinski definition) is 1. The Balaban J connectivity index is 1.91. The van der Waals surface area contributed by atoms with Crippen LogP contribution < -0.4 is 0 Å². The Kier molecular flexibility index (Phi) is 5.23. The fourth-order valence-corrected chi connectivity index (χ4v) is 7.34. The zero-order valence-electron chi connectivity index (χ0n) is 16.9. The maximum absolute atomic E-state index is 13.1. The second-order valence-electron chi connectivity index (χ2n) is 8.15. The molecule has 2 fully saturated rings.